The van der Waals surface area contributed by atoms with E-state index in [2.05, 4.69) is 0 Å². The average molecular weight is 338 g/mol. The molecule has 0 aliphatic heterocycles. The maximum absolute atomic E-state index is 14.0. The Balaban J connectivity index is 2.50. The number of ether oxygens (including phenoxy) is 1. The largest absolute Gasteiger partial charge is 0.497 e. The zero-order valence-electron chi connectivity index (χ0n) is 10.3. The Morgan fingerprint density at radius 1 is 0.950 bits per heavy atom. The first-order chi connectivity index (χ1) is 9.42. The van der Waals surface area contributed by atoms with E-state index < -0.39 is 17.0 Å². The highest BCUT2D eigenvalue weighted by Crippen LogP contribution is 2.36. The summed E-state index contributed by atoms with van der Waals surface area (Å²) in [5.41, 5.74) is 0.137. The molecule has 0 spiro atoms. The van der Waals surface area contributed by atoms with Crippen molar-refractivity contribution in [2.45, 2.75) is 5.38 Å². The van der Waals surface area contributed by atoms with Gasteiger partial charge in [0, 0.05) is 27.7 Å². The van der Waals surface area contributed by atoms with Crippen LogP contribution in [0.2, 0.25) is 10.0 Å². The summed E-state index contributed by atoms with van der Waals surface area (Å²) in [5, 5.41) is -0.364. The van der Waals surface area contributed by atoms with Crippen LogP contribution in [-0.4, -0.2) is 7.11 Å². The molecule has 0 aliphatic rings. The topological polar surface area (TPSA) is 9.23 Å². The summed E-state index contributed by atoms with van der Waals surface area (Å²) in [7, 11) is 1.32. The van der Waals surface area contributed by atoms with Gasteiger partial charge in [-0.05, 0) is 23.8 Å². The molecule has 1 nitrogen and oxygen atoms in total. The van der Waals surface area contributed by atoms with E-state index in [9.17, 15) is 8.78 Å². The maximum atomic E-state index is 14.0. The fourth-order valence-electron chi connectivity index (χ4n) is 1.81. The molecule has 6 heteroatoms. The molecule has 20 heavy (non-hydrogen) atoms. The molecule has 1 atom stereocenters. The third kappa shape index (κ3) is 3.17. The molecule has 1 unspecified atom stereocenters. The molecule has 106 valence electrons. The Morgan fingerprint density at radius 2 is 1.45 bits per heavy atom. The van der Waals surface area contributed by atoms with Crippen LogP contribution in [0.4, 0.5) is 8.78 Å². The number of benzene rings is 2. The minimum absolute atomic E-state index is 0.0803. The smallest absolute Gasteiger partial charge is 0.134 e. The van der Waals surface area contributed by atoms with Gasteiger partial charge in [0.2, 0.25) is 0 Å². The van der Waals surface area contributed by atoms with Crippen molar-refractivity contribution in [3.63, 3.8) is 0 Å². The van der Waals surface area contributed by atoms with E-state index >= 15 is 0 Å². The summed E-state index contributed by atoms with van der Waals surface area (Å²) >= 11 is 17.9. The molecule has 0 saturated carbocycles. The van der Waals surface area contributed by atoms with Crippen molar-refractivity contribution in [1.82, 2.24) is 0 Å². The molecular formula is C14H9Cl3F2O. The van der Waals surface area contributed by atoms with Crippen LogP contribution in [-0.2, 0) is 0 Å². The van der Waals surface area contributed by atoms with E-state index in [0.29, 0.717) is 15.6 Å². The van der Waals surface area contributed by atoms with E-state index in [0.717, 1.165) is 12.1 Å². The SMILES string of the molecule is COc1cc(F)c(C(Cl)c2cc(Cl)cc(Cl)c2)c(F)c1. The molecule has 2 rings (SSSR count). The fourth-order valence-corrected chi connectivity index (χ4v) is 2.69. The number of hydrogen-bond donors (Lipinski definition) is 0. The second-order valence-corrected chi connectivity index (χ2v) is 5.38. The van der Waals surface area contributed by atoms with Gasteiger partial charge in [0.05, 0.1) is 12.5 Å². The summed E-state index contributed by atoms with van der Waals surface area (Å²) in [5.74, 6) is -1.51. The Kier molecular flexibility index (Phi) is 4.74. The van der Waals surface area contributed by atoms with Gasteiger partial charge in [-0.2, -0.15) is 0 Å². The highest BCUT2D eigenvalue weighted by Gasteiger charge is 2.22. The van der Waals surface area contributed by atoms with Crippen LogP contribution >= 0.6 is 34.8 Å². The van der Waals surface area contributed by atoms with Crippen LogP contribution in [0.1, 0.15) is 16.5 Å². The lowest BCUT2D eigenvalue weighted by Gasteiger charge is -2.14. The lowest BCUT2D eigenvalue weighted by Crippen LogP contribution is -2.02. The Bertz CT molecular complexity index is 603. The maximum Gasteiger partial charge on any atom is 0.134 e. The zero-order valence-corrected chi connectivity index (χ0v) is 12.5. The lowest BCUT2D eigenvalue weighted by molar-refractivity contribution is 0.405. The van der Waals surface area contributed by atoms with E-state index in [1.165, 1.54) is 25.3 Å². The predicted molar refractivity (Wildman–Crippen MR) is 77.1 cm³/mol. The molecule has 0 amide bonds. The van der Waals surface area contributed by atoms with Crippen LogP contribution in [0.25, 0.3) is 0 Å². The molecule has 0 bridgehead atoms. The number of halogens is 5. The van der Waals surface area contributed by atoms with Crippen LogP contribution in [0.5, 0.6) is 5.75 Å². The van der Waals surface area contributed by atoms with Gasteiger partial charge in [-0.25, -0.2) is 8.78 Å². The monoisotopic (exact) mass is 336 g/mol. The molecule has 0 N–H and O–H groups in total. The van der Waals surface area contributed by atoms with Crippen LogP contribution in [0, 0.1) is 11.6 Å². The van der Waals surface area contributed by atoms with Crippen molar-refractivity contribution in [2.24, 2.45) is 0 Å². The highest BCUT2D eigenvalue weighted by molar-refractivity contribution is 6.35. The molecule has 0 aromatic heterocycles. The summed E-state index contributed by atoms with van der Waals surface area (Å²) in [6.45, 7) is 0. The van der Waals surface area contributed by atoms with Crippen molar-refractivity contribution in [1.29, 1.82) is 0 Å². The van der Waals surface area contributed by atoms with Crippen molar-refractivity contribution in [3.8, 4) is 5.75 Å². The predicted octanol–water partition coefficient (Wildman–Crippen LogP) is 5.61. The van der Waals surface area contributed by atoms with Crippen molar-refractivity contribution < 1.29 is 13.5 Å². The van der Waals surface area contributed by atoms with Gasteiger partial charge in [0.25, 0.3) is 0 Å². The standard InChI is InChI=1S/C14H9Cl3F2O/c1-20-10-5-11(18)13(12(19)6-10)14(17)7-2-8(15)4-9(16)3-7/h2-6,14H,1H3. The molecule has 0 saturated heterocycles. The third-order valence-corrected chi connectivity index (χ3v) is 3.63. The molecule has 0 heterocycles. The normalized spacial score (nSPS) is 12.3. The van der Waals surface area contributed by atoms with Gasteiger partial charge in [0.1, 0.15) is 17.4 Å². The van der Waals surface area contributed by atoms with Gasteiger partial charge in [-0.3, -0.25) is 0 Å². The van der Waals surface area contributed by atoms with Gasteiger partial charge in [-0.15, -0.1) is 11.6 Å². The van der Waals surface area contributed by atoms with Crippen molar-refractivity contribution in [3.05, 3.63) is 63.1 Å². The minimum Gasteiger partial charge on any atom is -0.497 e. The minimum atomic E-state index is -1.04. The molecule has 0 radical (unpaired) electrons. The van der Waals surface area contributed by atoms with E-state index in [-0.39, 0.29) is 11.3 Å². The Morgan fingerprint density at radius 3 is 1.90 bits per heavy atom. The number of hydrogen-bond acceptors (Lipinski definition) is 1. The Hall–Kier alpha value is -1.03. The second-order valence-electron chi connectivity index (χ2n) is 4.07. The first-order valence-corrected chi connectivity index (χ1v) is 6.74. The number of rotatable bonds is 3. The number of methoxy groups -OCH3 is 1. The first kappa shape index (κ1) is 15.4. The van der Waals surface area contributed by atoms with Gasteiger partial charge < -0.3 is 4.74 Å². The summed E-state index contributed by atoms with van der Waals surface area (Å²) in [6.07, 6.45) is 0. The average Bonchev–Trinajstić information content (AvgIpc) is 2.36. The molecule has 2 aromatic rings. The fraction of sp³-hybridized carbons (Fsp3) is 0.143. The van der Waals surface area contributed by atoms with E-state index in [1.807, 2.05) is 0 Å². The first-order valence-electron chi connectivity index (χ1n) is 5.55. The number of alkyl halides is 1. The van der Waals surface area contributed by atoms with Gasteiger partial charge in [0.15, 0.2) is 0 Å². The van der Waals surface area contributed by atoms with Crippen molar-refractivity contribution in [2.75, 3.05) is 7.11 Å². The van der Waals surface area contributed by atoms with Crippen LogP contribution in [0.15, 0.2) is 30.3 Å². The van der Waals surface area contributed by atoms with Gasteiger partial charge in [-0.1, -0.05) is 23.2 Å². The molecule has 0 aliphatic carbocycles. The van der Waals surface area contributed by atoms with E-state index in [4.69, 9.17) is 39.5 Å². The lowest BCUT2D eigenvalue weighted by atomic mass is 10.0. The van der Waals surface area contributed by atoms with Crippen LogP contribution in [0.3, 0.4) is 0 Å². The summed E-state index contributed by atoms with van der Waals surface area (Å²) in [6, 6.07) is 6.67. The second kappa shape index (κ2) is 6.17. The zero-order chi connectivity index (χ0) is 14.9. The summed E-state index contributed by atoms with van der Waals surface area (Å²) in [4.78, 5) is 0. The van der Waals surface area contributed by atoms with Crippen LogP contribution < -0.4 is 4.74 Å². The third-order valence-electron chi connectivity index (χ3n) is 2.72. The van der Waals surface area contributed by atoms with Gasteiger partial charge >= 0.3 is 0 Å². The molecular weight excluding hydrogens is 329 g/mol. The highest BCUT2D eigenvalue weighted by atomic mass is 35.5. The Labute approximate surface area is 130 Å². The molecule has 2 aromatic carbocycles. The van der Waals surface area contributed by atoms with Crippen molar-refractivity contribution >= 4 is 34.8 Å². The quantitative estimate of drug-likeness (QED) is 0.662. The van der Waals surface area contributed by atoms with E-state index in [1.54, 1.807) is 0 Å². The summed E-state index contributed by atoms with van der Waals surface area (Å²) < 4.78 is 32.7. The molecule has 0 fully saturated rings.